The molecule has 0 spiro atoms. The van der Waals surface area contributed by atoms with Crippen molar-refractivity contribution in [2.45, 2.75) is 0 Å². The topological polar surface area (TPSA) is 8.17 Å². The van der Waals surface area contributed by atoms with Crippen molar-refractivity contribution >= 4 is 70.4 Å². The summed E-state index contributed by atoms with van der Waals surface area (Å²) in [6.45, 7) is 0. The van der Waals surface area contributed by atoms with Gasteiger partial charge < -0.3 is 9.47 Å². The molecule has 2 heterocycles. The van der Waals surface area contributed by atoms with Gasteiger partial charge in [0.2, 0.25) is 0 Å². The van der Waals surface area contributed by atoms with Gasteiger partial charge in [0, 0.05) is 59.1 Å². The average Bonchev–Trinajstić information content (AvgIpc) is 3.83. The van der Waals surface area contributed by atoms with Gasteiger partial charge in [-0.25, -0.2) is 4.39 Å². The largest absolute Gasteiger partial charge is 0.310 e. The number of hydrogen-bond donors (Lipinski definition) is 0. The quantitative estimate of drug-likeness (QED) is 0.157. The number of benzene rings is 9. The summed E-state index contributed by atoms with van der Waals surface area (Å²) in [5.74, 6) is -0.246. The lowest BCUT2D eigenvalue weighted by Crippen LogP contribution is -2.11. The molecule has 2 nitrogen and oxygen atoms in total. The molecular weight excluding hydrogens is 728 g/mol. The number of thiophene rings is 1. The molecule has 0 aliphatic heterocycles. The third-order valence-corrected chi connectivity index (χ3v) is 12.5. The number of anilines is 3. The minimum atomic E-state index is -0.246. The average molecular weight is 763 g/mol. The van der Waals surface area contributed by atoms with Gasteiger partial charge in [-0.2, -0.15) is 0 Å². The van der Waals surface area contributed by atoms with Crippen molar-refractivity contribution in [1.82, 2.24) is 4.57 Å². The SMILES string of the molecule is Fc1ccc2c3ccccc3n(-c3cccc(-c4ccc(N(c5ccc(-c6ccccc6)cc5)c5ccccc5-c5cccc6c5sc5ccccc56)cc4)c3)c2c1. The second-order valence-electron chi connectivity index (χ2n) is 14.7. The molecule has 0 unspecified atom stereocenters. The molecule has 0 fully saturated rings. The van der Waals surface area contributed by atoms with Crippen molar-refractivity contribution in [1.29, 1.82) is 0 Å². The molecule has 0 aliphatic carbocycles. The molecule has 0 atom stereocenters. The normalized spacial score (nSPS) is 11.5. The highest BCUT2D eigenvalue weighted by Gasteiger charge is 2.20. The number of aromatic nitrogens is 1. The van der Waals surface area contributed by atoms with Crippen molar-refractivity contribution in [2.75, 3.05) is 4.90 Å². The third-order valence-electron chi connectivity index (χ3n) is 11.3. The first-order valence-corrected chi connectivity index (χ1v) is 20.3. The summed E-state index contributed by atoms with van der Waals surface area (Å²) in [7, 11) is 0. The summed E-state index contributed by atoms with van der Waals surface area (Å²) < 4.78 is 19.4. The van der Waals surface area contributed by atoms with E-state index in [2.05, 4.69) is 191 Å². The van der Waals surface area contributed by atoms with Crippen molar-refractivity contribution in [3.05, 3.63) is 218 Å². The van der Waals surface area contributed by atoms with Crippen molar-refractivity contribution in [3.63, 3.8) is 0 Å². The Balaban J connectivity index is 1.04. The van der Waals surface area contributed by atoms with Crippen LogP contribution in [0.1, 0.15) is 0 Å². The van der Waals surface area contributed by atoms with Crippen LogP contribution in [-0.2, 0) is 0 Å². The molecule has 9 aromatic carbocycles. The first-order chi connectivity index (χ1) is 28.7. The maximum Gasteiger partial charge on any atom is 0.125 e. The van der Waals surface area contributed by atoms with E-state index in [1.807, 2.05) is 29.5 Å². The van der Waals surface area contributed by atoms with Crippen LogP contribution in [0, 0.1) is 5.82 Å². The van der Waals surface area contributed by atoms with E-state index in [1.54, 1.807) is 12.1 Å². The summed E-state index contributed by atoms with van der Waals surface area (Å²) in [5, 5.41) is 4.71. The van der Waals surface area contributed by atoms with E-state index >= 15 is 0 Å². The molecule has 11 rings (SSSR count). The lowest BCUT2D eigenvalue weighted by atomic mass is 9.99. The van der Waals surface area contributed by atoms with Gasteiger partial charge in [0.05, 0.1) is 16.7 Å². The number of halogens is 1. The summed E-state index contributed by atoms with van der Waals surface area (Å²) in [6, 6.07) is 74.3. The van der Waals surface area contributed by atoms with Crippen LogP contribution in [0.25, 0.3) is 81.0 Å². The van der Waals surface area contributed by atoms with Gasteiger partial charge >= 0.3 is 0 Å². The molecule has 0 amide bonds. The van der Waals surface area contributed by atoms with Crippen molar-refractivity contribution in [2.24, 2.45) is 0 Å². The van der Waals surface area contributed by atoms with Gasteiger partial charge in [0.1, 0.15) is 5.82 Å². The van der Waals surface area contributed by atoms with E-state index in [-0.39, 0.29) is 5.82 Å². The fourth-order valence-corrected chi connectivity index (χ4v) is 9.80. The monoisotopic (exact) mass is 762 g/mol. The van der Waals surface area contributed by atoms with Crippen LogP contribution in [-0.4, -0.2) is 4.57 Å². The van der Waals surface area contributed by atoms with Crippen LogP contribution in [0.2, 0.25) is 0 Å². The Morgan fingerprint density at radius 1 is 0.397 bits per heavy atom. The van der Waals surface area contributed by atoms with Crippen LogP contribution in [0.4, 0.5) is 21.5 Å². The lowest BCUT2D eigenvalue weighted by Gasteiger charge is -2.28. The van der Waals surface area contributed by atoms with E-state index in [1.165, 1.54) is 42.4 Å². The second-order valence-corrected chi connectivity index (χ2v) is 15.7. The minimum absolute atomic E-state index is 0.246. The molecular formula is C54H35FN2S. The third kappa shape index (κ3) is 5.77. The van der Waals surface area contributed by atoms with E-state index < -0.39 is 0 Å². The molecule has 0 aliphatic rings. The summed E-state index contributed by atoms with van der Waals surface area (Å²) >= 11 is 1.86. The molecule has 0 saturated heterocycles. The maximum atomic E-state index is 14.7. The fraction of sp³-hybridized carbons (Fsp3) is 0. The smallest absolute Gasteiger partial charge is 0.125 e. The lowest BCUT2D eigenvalue weighted by molar-refractivity contribution is 0.629. The second kappa shape index (κ2) is 14.0. The number of hydrogen-bond acceptors (Lipinski definition) is 2. The predicted octanol–water partition coefficient (Wildman–Crippen LogP) is 15.8. The van der Waals surface area contributed by atoms with Crippen LogP contribution >= 0.6 is 11.3 Å². The van der Waals surface area contributed by atoms with Gasteiger partial charge in [0.15, 0.2) is 0 Å². The zero-order valence-electron chi connectivity index (χ0n) is 31.4. The molecule has 2 aromatic heterocycles. The molecule has 4 heteroatoms. The Morgan fingerprint density at radius 2 is 0.983 bits per heavy atom. The van der Waals surface area contributed by atoms with Crippen molar-refractivity contribution in [3.8, 4) is 39.1 Å². The van der Waals surface area contributed by atoms with Crippen LogP contribution in [0.3, 0.4) is 0 Å². The molecule has 58 heavy (non-hydrogen) atoms. The first-order valence-electron chi connectivity index (χ1n) is 19.5. The van der Waals surface area contributed by atoms with Gasteiger partial charge in [-0.3, -0.25) is 0 Å². The number of fused-ring (bicyclic) bond motifs is 6. The Morgan fingerprint density at radius 3 is 1.79 bits per heavy atom. The summed E-state index contributed by atoms with van der Waals surface area (Å²) in [5.41, 5.74) is 13.1. The standard InChI is InChI=1S/C54H35FN2S/c55-40-28-33-46-44-16-4-8-22-51(44)57(52(46)35-40)43-15-10-14-39(34-43)38-26-31-42(32-27-38)56(41-29-24-37(25-30-41)36-12-2-1-3-13-36)50-21-7-5-17-45(50)48-19-11-20-49-47-18-6-9-23-53(47)58-54(48)49/h1-35H. The highest BCUT2D eigenvalue weighted by Crippen LogP contribution is 2.46. The molecule has 0 N–H and O–H groups in total. The molecule has 274 valence electrons. The van der Waals surface area contributed by atoms with Gasteiger partial charge in [-0.05, 0) is 95.1 Å². The zero-order valence-corrected chi connectivity index (χ0v) is 32.2. The van der Waals surface area contributed by atoms with Gasteiger partial charge in [-0.15, -0.1) is 11.3 Å². The van der Waals surface area contributed by atoms with E-state index in [0.29, 0.717) is 0 Å². The highest BCUT2D eigenvalue weighted by molar-refractivity contribution is 7.26. The minimum Gasteiger partial charge on any atom is -0.310 e. The van der Waals surface area contributed by atoms with Crippen molar-refractivity contribution < 1.29 is 4.39 Å². The zero-order chi connectivity index (χ0) is 38.6. The van der Waals surface area contributed by atoms with Gasteiger partial charge in [-0.1, -0.05) is 140 Å². The Bertz CT molecular complexity index is 3290. The Hall–Kier alpha value is -7.27. The number of para-hydroxylation sites is 2. The van der Waals surface area contributed by atoms with Crippen LogP contribution < -0.4 is 4.90 Å². The molecule has 11 aromatic rings. The fourth-order valence-electron chi connectivity index (χ4n) is 8.57. The Kier molecular flexibility index (Phi) is 8.23. The number of rotatable bonds is 7. The summed E-state index contributed by atoms with van der Waals surface area (Å²) in [4.78, 5) is 2.38. The van der Waals surface area contributed by atoms with E-state index in [4.69, 9.17) is 0 Å². The van der Waals surface area contributed by atoms with E-state index in [0.717, 1.165) is 55.7 Å². The van der Waals surface area contributed by atoms with E-state index in [9.17, 15) is 4.39 Å². The van der Waals surface area contributed by atoms with Crippen LogP contribution in [0.5, 0.6) is 0 Å². The molecule has 0 radical (unpaired) electrons. The maximum absolute atomic E-state index is 14.7. The highest BCUT2D eigenvalue weighted by atomic mass is 32.1. The van der Waals surface area contributed by atoms with Gasteiger partial charge in [0.25, 0.3) is 0 Å². The van der Waals surface area contributed by atoms with Crippen LogP contribution in [0.15, 0.2) is 212 Å². The first kappa shape index (κ1) is 34.0. The molecule has 0 bridgehead atoms. The predicted molar refractivity (Wildman–Crippen MR) is 245 cm³/mol. The molecule has 0 saturated carbocycles. The summed E-state index contributed by atoms with van der Waals surface area (Å²) in [6.07, 6.45) is 0. The number of nitrogens with zero attached hydrogens (tertiary/aromatic N) is 2. The Labute approximate surface area is 339 Å².